The molecule has 0 fully saturated rings. The van der Waals surface area contributed by atoms with Gasteiger partial charge in [0.15, 0.2) is 6.61 Å². The molecule has 6 heteroatoms. The highest BCUT2D eigenvalue weighted by molar-refractivity contribution is 6.04. The van der Waals surface area contributed by atoms with Gasteiger partial charge in [-0.2, -0.15) is 0 Å². The van der Waals surface area contributed by atoms with Crippen LogP contribution in [-0.4, -0.2) is 24.2 Å². The largest absolute Gasteiger partial charge is 0.484 e. The van der Waals surface area contributed by atoms with E-state index in [1.807, 2.05) is 30.3 Å². The summed E-state index contributed by atoms with van der Waals surface area (Å²) in [6.07, 6.45) is -0.789. The maximum atomic E-state index is 12.1. The van der Waals surface area contributed by atoms with E-state index in [9.17, 15) is 14.7 Å². The van der Waals surface area contributed by atoms with Crippen LogP contribution in [0.25, 0.3) is 21.7 Å². The van der Waals surface area contributed by atoms with Gasteiger partial charge in [-0.05, 0) is 29.1 Å². The number of aliphatic hydroxyl groups is 1. The highest BCUT2D eigenvalue weighted by Crippen LogP contribution is 2.26. The van der Waals surface area contributed by atoms with Crippen molar-refractivity contribution in [1.82, 2.24) is 5.32 Å². The van der Waals surface area contributed by atoms with Gasteiger partial charge in [0, 0.05) is 18.0 Å². The minimum absolute atomic E-state index is 0.0881. The van der Waals surface area contributed by atoms with Gasteiger partial charge in [0.05, 0.1) is 11.5 Å². The third-order valence-corrected chi connectivity index (χ3v) is 4.64. The summed E-state index contributed by atoms with van der Waals surface area (Å²) < 4.78 is 10.9. The lowest BCUT2D eigenvalue weighted by molar-refractivity contribution is -0.123. The molecule has 0 bridgehead atoms. The van der Waals surface area contributed by atoms with Crippen molar-refractivity contribution in [2.45, 2.75) is 6.10 Å². The predicted molar refractivity (Wildman–Crippen MR) is 110 cm³/mol. The van der Waals surface area contributed by atoms with Crippen molar-refractivity contribution in [3.05, 3.63) is 88.8 Å². The molecular formula is C23H19NO5. The van der Waals surface area contributed by atoms with E-state index in [1.54, 1.807) is 42.5 Å². The van der Waals surface area contributed by atoms with Gasteiger partial charge >= 0.3 is 5.63 Å². The van der Waals surface area contributed by atoms with Crippen LogP contribution in [0.4, 0.5) is 0 Å². The Morgan fingerprint density at radius 1 is 0.966 bits per heavy atom. The molecule has 0 saturated heterocycles. The maximum absolute atomic E-state index is 12.1. The van der Waals surface area contributed by atoms with Crippen molar-refractivity contribution < 1.29 is 19.1 Å². The molecule has 4 aromatic rings. The molecule has 1 atom stereocenters. The number of hydrogen-bond donors (Lipinski definition) is 2. The van der Waals surface area contributed by atoms with Crippen LogP contribution in [-0.2, 0) is 4.79 Å². The van der Waals surface area contributed by atoms with Crippen molar-refractivity contribution >= 4 is 27.6 Å². The summed E-state index contributed by atoms with van der Waals surface area (Å²) in [5, 5.41) is 14.8. The third-order valence-electron chi connectivity index (χ3n) is 4.64. The number of benzene rings is 3. The molecule has 1 aromatic heterocycles. The van der Waals surface area contributed by atoms with Gasteiger partial charge in [0.25, 0.3) is 5.91 Å². The SMILES string of the molecule is O=C(COc1ccc2c(c1)oc(=O)c1ccccc12)NC[C@H](O)c1ccccc1. The molecule has 6 nitrogen and oxygen atoms in total. The van der Waals surface area contributed by atoms with Crippen LogP contribution in [0.2, 0.25) is 0 Å². The maximum Gasteiger partial charge on any atom is 0.344 e. The fourth-order valence-electron chi connectivity index (χ4n) is 3.15. The molecule has 0 aliphatic heterocycles. The van der Waals surface area contributed by atoms with Crippen LogP contribution in [0.3, 0.4) is 0 Å². The first-order valence-corrected chi connectivity index (χ1v) is 9.20. The number of hydrogen-bond acceptors (Lipinski definition) is 5. The predicted octanol–water partition coefficient (Wildman–Crippen LogP) is 3.17. The van der Waals surface area contributed by atoms with E-state index in [4.69, 9.17) is 9.15 Å². The first kappa shape index (κ1) is 18.7. The molecular weight excluding hydrogens is 370 g/mol. The van der Waals surface area contributed by atoms with Crippen molar-refractivity contribution in [3.63, 3.8) is 0 Å². The lowest BCUT2D eigenvalue weighted by Gasteiger charge is -2.13. The Labute approximate surface area is 166 Å². The van der Waals surface area contributed by atoms with Crippen LogP contribution < -0.4 is 15.7 Å². The molecule has 1 amide bonds. The van der Waals surface area contributed by atoms with E-state index in [2.05, 4.69) is 5.32 Å². The zero-order valence-corrected chi connectivity index (χ0v) is 15.5. The van der Waals surface area contributed by atoms with Crippen molar-refractivity contribution in [1.29, 1.82) is 0 Å². The highest BCUT2D eigenvalue weighted by atomic mass is 16.5. The normalized spacial score (nSPS) is 12.0. The number of aliphatic hydroxyl groups excluding tert-OH is 1. The second-order valence-corrected chi connectivity index (χ2v) is 6.61. The van der Waals surface area contributed by atoms with Gasteiger partial charge in [-0.25, -0.2) is 4.79 Å². The number of nitrogens with one attached hydrogen (secondary N) is 1. The summed E-state index contributed by atoms with van der Waals surface area (Å²) in [6.45, 7) is -0.129. The summed E-state index contributed by atoms with van der Waals surface area (Å²) in [7, 11) is 0. The molecule has 1 heterocycles. The topological polar surface area (TPSA) is 88.8 Å². The molecule has 0 aliphatic carbocycles. The Bertz CT molecular complexity index is 1220. The molecule has 29 heavy (non-hydrogen) atoms. The number of carbonyl (C=O) groups excluding carboxylic acids is 1. The summed E-state index contributed by atoms with van der Waals surface area (Å²) in [5.74, 6) is 0.0507. The number of ether oxygens (including phenoxy) is 1. The smallest absolute Gasteiger partial charge is 0.344 e. The van der Waals surface area contributed by atoms with E-state index in [-0.39, 0.29) is 19.1 Å². The first-order valence-electron chi connectivity index (χ1n) is 9.20. The van der Waals surface area contributed by atoms with E-state index < -0.39 is 11.7 Å². The molecule has 4 rings (SSSR count). The molecule has 146 valence electrons. The average molecular weight is 389 g/mol. The Kier molecular flexibility index (Phi) is 5.27. The molecule has 0 spiro atoms. The lowest BCUT2D eigenvalue weighted by atomic mass is 10.1. The molecule has 3 aromatic carbocycles. The van der Waals surface area contributed by atoms with E-state index in [1.165, 1.54) is 0 Å². The zero-order valence-electron chi connectivity index (χ0n) is 15.5. The molecule has 0 aliphatic rings. The van der Waals surface area contributed by atoms with Gasteiger partial charge in [0.1, 0.15) is 11.3 Å². The monoisotopic (exact) mass is 389 g/mol. The molecule has 0 unspecified atom stereocenters. The van der Waals surface area contributed by atoms with Crippen molar-refractivity contribution in [2.24, 2.45) is 0 Å². The fourth-order valence-corrected chi connectivity index (χ4v) is 3.15. The van der Waals surface area contributed by atoms with E-state index >= 15 is 0 Å². The molecule has 0 radical (unpaired) electrons. The standard InChI is InChI=1S/C23H19NO5/c25-20(15-6-2-1-3-7-15)13-24-22(26)14-28-16-10-11-18-17-8-4-5-9-19(17)23(27)29-21(18)12-16/h1-12,20,25H,13-14H2,(H,24,26)/t20-/m0/s1. The quantitative estimate of drug-likeness (QED) is 0.391. The van der Waals surface area contributed by atoms with Crippen LogP contribution in [0.5, 0.6) is 5.75 Å². The van der Waals surface area contributed by atoms with Gasteiger partial charge in [-0.3, -0.25) is 4.79 Å². The third kappa shape index (κ3) is 4.12. The Hall–Kier alpha value is -3.64. The minimum atomic E-state index is -0.789. The summed E-state index contributed by atoms with van der Waals surface area (Å²) in [5.41, 5.74) is 0.703. The summed E-state index contributed by atoms with van der Waals surface area (Å²) >= 11 is 0. The second kappa shape index (κ2) is 8.16. The number of rotatable bonds is 6. The van der Waals surface area contributed by atoms with Crippen LogP contribution in [0, 0.1) is 0 Å². The summed E-state index contributed by atoms with van der Waals surface area (Å²) in [4.78, 5) is 24.2. The van der Waals surface area contributed by atoms with Crippen LogP contribution >= 0.6 is 0 Å². The van der Waals surface area contributed by atoms with Gasteiger partial charge < -0.3 is 19.6 Å². The summed E-state index contributed by atoms with van der Waals surface area (Å²) in [6, 6.07) is 21.4. The van der Waals surface area contributed by atoms with Gasteiger partial charge in [-0.1, -0.05) is 48.5 Å². The van der Waals surface area contributed by atoms with Gasteiger partial charge in [0.2, 0.25) is 0 Å². The average Bonchev–Trinajstić information content (AvgIpc) is 2.76. The highest BCUT2D eigenvalue weighted by Gasteiger charge is 2.11. The Balaban J connectivity index is 1.41. The van der Waals surface area contributed by atoms with Gasteiger partial charge in [-0.15, -0.1) is 0 Å². The number of fused-ring (bicyclic) bond motifs is 3. The Morgan fingerprint density at radius 3 is 2.48 bits per heavy atom. The first-order chi connectivity index (χ1) is 14.1. The number of amides is 1. The second-order valence-electron chi connectivity index (χ2n) is 6.61. The van der Waals surface area contributed by atoms with Crippen LogP contribution in [0.1, 0.15) is 11.7 Å². The zero-order chi connectivity index (χ0) is 20.2. The van der Waals surface area contributed by atoms with Crippen LogP contribution in [0.15, 0.2) is 82.0 Å². The Morgan fingerprint density at radius 2 is 1.69 bits per heavy atom. The molecule has 0 saturated carbocycles. The lowest BCUT2D eigenvalue weighted by Crippen LogP contribution is -2.32. The number of carbonyl (C=O) groups is 1. The minimum Gasteiger partial charge on any atom is -0.484 e. The van der Waals surface area contributed by atoms with Crippen molar-refractivity contribution in [2.75, 3.05) is 13.2 Å². The molecule has 2 N–H and O–H groups in total. The van der Waals surface area contributed by atoms with E-state index in [0.29, 0.717) is 16.7 Å². The fraction of sp³-hybridized carbons (Fsp3) is 0.130. The van der Waals surface area contributed by atoms with Crippen molar-refractivity contribution in [3.8, 4) is 5.75 Å². The van der Waals surface area contributed by atoms with E-state index in [0.717, 1.165) is 16.3 Å².